The van der Waals surface area contributed by atoms with Crippen LogP contribution in [0.15, 0.2) is 42.5 Å². The normalized spacial score (nSPS) is 28.9. The number of rotatable bonds is 6. The molecule has 1 aliphatic rings. The molecule has 0 bridgehead atoms. The Morgan fingerprint density at radius 3 is 2.40 bits per heavy atom. The molecule has 0 amide bonds. The average Bonchev–Trinajstić information content (AvgIpc) is 2.72. The molecule has 5 atom stereocenters. The van der Waals surface area contributed by atoms with Gasteiger partial charge in [0, 0.05) is 5.02 Å². The Hall–Kier alpha value is -2.16. The summed E-state index contributed by atoms with van der Waals surface area (Å²) in [6.07, 6.45) is -6.17. The van der Waals surface area contributed by atoms with Crippen molar-refractivity contribution in [3.63, 3.8) is 0 Å². The number of aliphatic hydroxyl groups excluding tert-OH is 3. The van der Waals surface area contributed by atoms with E-state index in [4.69, 9.17) is 21.1 Å². The summed E-state index contributed by atoms with van der Waals surface area (Å²) in [6, 6.07) is 12.5. The first-order valence-electron chi connectivity index (χ1n) is 9.62. The van der Waals surface area contributed by atoms with Crippen LogP contribution in [0.2, 0.25) is 5.02 Å². The van der Waals surface area contributed by atoms with Gasteiger partial charge in [0.15, 0.2) is 6.10 Å². The van der Waals surface area contributed by atoms with E-state index in [9.17, 15) is 25.2 Å². The molecule has 2 aromatic rings. The molecule has 1 saturated heterocycles. The molecule has 0 radical (unpaired) electrons. The maximum absolute atomic E-state index is 11.5. The Morgan fingerprint density at radius 1 is 1.13 bits per heavy atom. The molecule has 1 aliphatic heterocycles. The van der Waals surface area contributed by atoms with Gasteiger partial charge in [-0.1, -0.05) is 35.9 Å². The van der Waals surface area contributed by atoms with Crippen molar-refractivity contribution in [2.45, 2.75) is 50.3 Å². The minimum atomic E-state index is -1.75. The molecule has 7 nitrogen and oxygen atoms in total. The van der Waals surface area contributed by atoms with Crippen molar-refractivity contribution in [3.8, 4) is 5.75 Å². The van der Waals surface area contributed by atoms with E-state index >= 15 is 0 Å². The topological polar surface area (TPSA) is 116 Å². The molecule has 1 heterocycles. The number of hydrogen-bond acceptors (Lipinski definition) is 6. The van der Waals surface area contributed by atoms with Crippen molar-refractivity contribution >= 4 is 17.6 Å². The fraction of sp³-hybridized carbons (Fsp3) is 0.409. The van der Waals surface area contributed by atoms with Crippen LogP contribution in [0.25, 0.3) is 0 Å². The quantitative estimate of drug-likeness (QED) is 0.548. The maximum Gasteiger partial charge on any atom is 0.335 e. The van der Waals surface area contributed by atoms with Crippen LogP contribution < -0.4 is 4.74 Å². The molecule has 0 spiro atoms. The van der Waals surface area contributed by atoms with Crippen molar-refractivity contribution in [2.75, 3.05) is 6.61 Å². The van der Waals surface area contributed by atoms with Crippen LogP contribution >= 0.6 is 11.6 Å². The third-order valence-corrected chi connectivity index (χ3v) is 5.78. The summed E-state index contributed by atoms with van der Waals surface area (Å²) in [4.78, 5) is 11.5. The smallest absolute Gasteiger partial charge is 0.335 e. The maximum atomic E-state index is 11.5. The van der Waals surface area contributed by atoms with Gasteiger partial charge in [-0.2, -0.15) is 0 Å². The monoisotopic (exact) mass is 436 g/mol. The van der Waals surface area contributed by atoms with E-state index in [1.807, 2.05) is 31.2 Å². The average molecular weight is 437 g/mol. The first-order chi connectivity index (χ1) is 14.2. The molecule has 162 valence electrons. The number of ether oxygens (including phenoxy) is 2. The Kier molecular flexibility index (Phi) is 6.69. The zero-order chi connectivity index (χ0) is 22.1. The van der Waals surface area contributed by atoms with Gasteiger partial charge in [0.05, 0.1) is 6.61 Å². The number of carbonyl (C=O) groups is 1. The number of benzene rings is 2. The van der Waals surface area contributed by atoms with Crippen molar-refractivity contribution in [1.82, 2.24) is 0 Å². The standard InChI is InChI=1S/C22H25ClO7/c1-3-29-15-7-4-12(5-8-15)10-13-11-14(6-9-16(13)23)22(2)20(26)18(25)17(24)19(30-22)21(27)28/h4-9,11,17-20,24-26H,3,10H2,1-2H3,(H,27,28)/t17-,18-,19-,20+,22-/m0/s1. The number of aliphatic carboxylic acids is 1. The zero-order valence-electron chi connectivity index (χ0n) is 16.7. The summed E-state index contributed by atoms with van der Waals surface area (Å²) >= 11 is 6.37. The largest absolute Gasteiger partial charge is 0.494 e. The number of hydrogen-bond donors (Lipinski definition) is 4. The fourth-order valence-corrected chi connectivity index (χ4v) is 3.82. The SMILES string of the molecule is CCOc1ccc(Cc2cc([C@]3(C)O[C@H](C(=O)O)[C@@H](O)[C@H](O)[C@H]3O)ccc2Cl)cc1. The van der Waals surface area contributed by atoms with E-state index in [-0.39, 0.29) is 0 Å². The minimum Gasteiger partial charge on any atom is -0.494 e. The third kappa shape index (κ3) is 4.31. The summed E-state index contributed by atoms with van der Waals surface area (Å²) in [5.41, 5.74) is 0.604. The summed E-state index contributed by atoms with van der Waals surface area (Å²) in [5, 5.41) is 40.6. The van der Waals surface area contributed by atoms with Crippen LogP contribution in [-0.2, 0) is 21.6 Å². The van der Waals surface area contributed by atoms with Crippen LogP contribution in [0, 0.1) is 0 Å². The van der Waals surface area contributed by atoms with Gasteiger partial charge in [0.25, 0.3) is 0 Å². The van der Waals surface area contributed by atoms with Gasteiger partial charge >= 0.3 is 5.97 Å². The van der Waals surface area contributed by atoms with E-state index in [1.54, 1.807) is 18.2 Å². The van der Waals surface area contributed by atoms with E-state index in [0.717, 1.165) is 16.9 Å². The molecular weight excluding hydrogens is 412 g/mol. The Bertz CT molecular complexity index is 901. The molecule has 2 aromatic carbocycles. The van der Waals surface area contributed by atoms with Crippen LogP contribution in [0.5, 0.6) is 5.75 Å². The first-order valence-corrected chi connectivity index (χ1v) is 10.0. The predicted molar refractivity (Wildman–Crippen MR) is 110 cm³/mol. The van der Waals surface area contributed by atoms with Crippen molar-refractivity contribution < 1.29 is 34.7 Å². The van der Waals surface area contributed by atoms with E-state index in [1.165, 1.54) is 6.92 Å². The number of aliphatic hydroxyl groups is 3. The van der Waals surface area contributed by atoms with Gasteiger partial charge in [-0.25, -0.2) is 4.79 Å². The lowest BCUT2D eigenvalue weighted by molar-refractivity contribution is -0.266. The molecule has 0 unspecified atom stereocenters. The van der Waals surface area contributed by atoms with Gasteiger partial charge in [0.1, 0.15) is 29.7 Å². The summed E-state index contributed by atoms with van der Waals surface area (Å²) in [6.45, 7) is 3.96. The highest BCUT2D eigenvalue weighted by Crippen LogP contribution is 2.39. The molecular formula is C22H25ClO7. The molecule has 0 saturated carbocycles. The van der Waals surface area contributed by atoms with Crippen molar-refractivity contribution in [1.29, 1.82) is 0 Å². The number of carboxylic acid groups (broad SMARTS) is 1. The Morgan fingerprint density at radius 2 is 1.80 bits per heavy atom. The second-order valence-electron chi connectivity index (χ2n) is 7.47. The van der Waals surface area contributed by atoms with Gasteiger partial charge in [0.2, 0.25) is 0 Å². The molecule has 1 fully saturated rings. The number of halogens is 1. The van der Waals surface area contributed by atoms with Gasteiger partial charge in [-0.15, -0.1) is 0 Å². The lowest BCUT2D eigenvalue weighted by Gasteiger charge is -2.46. The summed E-state index contributed by atoms with van der Waals surface area (Å²) in [5.74, 6) is -0.664. The highest BCUT2D eigenvalue weighted by atomic mass is 35.5. The molecule has 30 heavy (non-hydrogen) atoms. The summed E-state index contributed by atoms with van der Waals surface area (Å²) in [7, 11) is 0. The van der Waals surface area contributed by atoms with E-state index in [0.29, 0.717) is 23.6 Å². The lowest BCUT2D eigenvalue weighted by Crippen LogP contribution is -2.63. The second-order valence-corrected chi connectivity index (χ2v) is 7.88. The highest BCUT2D eigenvalue weighted by molar-refractivity contribution is 6.31. The predicted octanol–water partition coefficient (Wildman–Crippen LogP) is 2.11. The van der Waals surface area contributed by atoms with Crippen LogP contribution in [0.3, 0.4) is 0 Å². The molecule has 0 aromatic heterocycles. The zero-order valence-corrected chi connectivity index (χ0v) is 17.4. The lowest BCUT2D eigenvalue weighted by atomic mass is 9.80. The van der Waals surface area contributed by atoms with E-state index < -0.39 is 36.0 Å². The summed E-state index contributed by atoms with van der Waals surface area (Å²) < 4.78 is 11.0. The van der Waals surface area contributed by atoms with Crippen LogP contribution in [0.4, 0.5) is 0 Å². The van der Waals surface area contributed by atoms with Crippen molar-refractivity contribution in [2.24, 2.45) is 0 Å². The van der Waals surface area contributed by atoms with Crippen LogP contribution in [0.1, 0.15) is 30.5 Å². The Balaban J connectivity index is 1.92. The molecule has 8 heteroatoms. The van der Waals surface area contributed by atoms with Gasteiger partial charge in [-0.3, -0.25) is 0 Å². The van der Waals surface area contributed by atoms with Crippen LogP contribution in [-0.4, -0.2) is 57.4 Å². The van der Waals surface area contributed by atoms with Gasteiger partial charge in [-0.05, 0) is 55.2 Å². The molecule has 4 N–H and O–H groups in total. The Labute approximate surface area is 179 Å². The number of carboxylic acids is 1. The first kappa shape index (κ1) is 22.5. The minimum absolute atomic E-state index is 0.442. The van der Waals surface area contributed by atoms with Gasteiger partial charge < -0.3 is 29.9 Å². The second kappa shape index (κ2) is 8.91. The van der Waals surface area contributed by atoms with Crippen molar-refractivity contribution in [3.05, 3.63) is 64.2 Å². The molecule has 3 rings (SSSR count). The fourth-order valence-electron chi connectivity index (χ4n) is 3.64. The molecule has 0 aliphatic carbocycles. The van der Waals surface area contributed by atoms with E-state index in [2.05, 4.69) is 0 Å². The third-order valence-electron chi connectivity index (χ3n) is 5.41. The highest BCUT2D eigenvalue weighted by Gasteiger charge is 2.54.